The predicted octanol–water partition coefficient (Wildman–Crippen LogP) is 1.87. The average Bonchev–Trinajstić information content (AvgIpc) is 2.47. The number of nitrogens with one attached hydrogen (secondary N) is 2. The minimum Gasteiger partial charge on any atom is -0.481 e. The zero-order chi connectivity index (χ0) is 15.2. The number of amides is 1. The maximum Gasteiger partial charge on any atom is 0.276 e. The molecule has 0 aliphatic rings. The van der Waals surface area contributed by atoms with Gasteiger partial charge in [0, 0.05) is 18.3 Å². The third-order valence-corrected chi connectivity index (χ3v) is 2.60. The molecule has 7 nitrogen and oxygen atoms in total. The van der Waals surface area contributed by atoms with Crippen LogP contribution in [0.3, 0.4) is 0 Å². The van der Waals surface area contributed by atoms with Crippen LogP contribution < -0.4 is 15.4 Å². The summed E-state index contributed by atoms with van der Waals surface area (Å²) in [5.41, 5.74) is 0.990. The van der Waals surface area contributed by atoms with Crippen LogP contribution in [0.2, 0.25) is 0 Å². The molecule has 0 aliphatic carbocycles. The van der Waals surface area contributed by atoms with E-state index in [1.807, 2.05) is 6.92 Å². The second-order valence-electron chi connectivity index (χ2n) is 4.27. The van der Waals surface area contributed by atoms with Crippen molar-refractivity contribution in [2.75, 3.05) is 24.3 Å². The normalized spacial score (nSPS) is 10.0. The molecule has 0 unspecified atom stereocenters. The molecule has 0 atom stereocenters. The topological polar surface area (TPSA) is 89.0 Å². The summed E-state index contributed by atoms with van der Waals surface area (Å²) < 4.78 is 5.05. The first-order valence-corrected chi connectivity index (χ1v) is 6.54. The summed E-state index contributed by atoms with van der Waals surface area (Å²) in [5.74, 6) is 0.856. The Kier molecular flexibility index (Phi) is 4.65. The Morgan fingerprint density at radius 1 is 1.29 bits per heavy atom. The van der Waals surface area contributed by atoms with Crippen LogP contribution in [-0.4, -0.2) is 34.5 Å². The largest absolute Gasteiger partial charge is 0.481 e. The van der Waals surface area contributed by atoms with Crippen LogP contribution >= 0.6 is 0 Å². The van der Waals surface area contributed by atoms with Gasteiger partial charge in [-0.3, -0.25) is 10.1 Å². The summed E-state index contributed by atoms with van der Waals surface area (Å²) in [6.45, 7) is 4.49. The highest BCUT2D eigenvalue weighted by Crippen LogP contribution is 2.12. The number of hydrogen-bond acceptors (Lipinski definition) is 6. The minimum atomic E-state index is -0.373. The van der Waals surface area contributed by atoms with Crippen LogP contribution in [0, 0.1) is 6.92 Å². The highest BCUT2D eigenvalue weighted by molar-refractivity contribution is 6.02. The molecule has 0 fully saturated rings. The van der Waals surface area contributed by atoms with E-state index in [0.717, 1.165) is 6.54 Å². The van der Waals surface area contributed by atoms with Crippen LogP contribution in [-0.2, 0) is 0 Å². The van der Waals surface area contributed by atoms with Crippen molar-refractivity contribution in [3.05, 3.63) is 35.7 Å². The summed E-state index contributed by atoms with van der Waals surface area (Å²) in [6.07, 6.45) is 0. The number of rotatable bonds is 5. The van der Waals surface area contributed by atoms with Crippen molar-refractivity contribution >= 4 is 17.7 Å². The molecule has 1 amide bonds. The average molecular weight is 287 g/mol. The number of hydrogen-bond donors (Lipinski definition) is 2. The lowest BCUT2D eigenvalue weighted by Crippen LogP contribution is -2.17. The van der Waals surface area contributed by atoms with Crippen molar-refractivity contribution in [1.29, 1.82) is 0 Å². The molecule has 0 bridgehead atoms. The number of carbonyl (C=O) groups is 1. The standard InChI is InChI=1S/C14H17N5O2/c1-4-15-11-7-5-6-10(17-11)13(20)19-14-16-9(2)8-12(18-14)21-3/h5-8H,4H2,1-3H3,(H,15,17)(H,16,18,19,20). The number of aromatic nitrogens is 3. The third kappa shape index (κ3) is 3.88. The Labute approximate surface area is 122 Å². The van der Waals surface area contributed by atoms with Gasteiger partial charge < -0.3 is 10.1 Å². The van der Waals surface area contributed by atoms with Gasteiger partial charge in [-0.1, -0.05) is 6.07 Å². The van der Waals surface area contributed by atoms with Gasteiger partial charge in [-0.15, -0.1) is 0 Å². The van der Waals surface area contributed by atoms with E-state index in [9.17, 15) is 4.79 Å². The molecule has 2 N–H and O–H groups in total. The lowest BCUT2D eigenvalue weighted by atomic mass is 10.3. The van der Waals surface area contributed by atoms with Crippen molar-refractivity contribution in [3.63, 3.8) is 0 Å². The summed E-state index contributed by atoms with van der Waals surface area (Å²) in [6, 6.07) is 6.87. The minimum absolute atomic E-state index is 0.188. The number of anilines is 2. The second kappa shape index (κ2) is 6.65. The maximum atomic E-state index is 12.2. The van der Waals surface area contributed by atoms with Gasteiger partial charge in [0.1, 0.15) is 11.5 Å². The zero-order valence-corrected chi connectivity index (χ0v) is 12.2. The molecule has 0 aliphatic heterocycles. The number of aryl methyl sites for hydroxylation is 1. The summed E-state index contributed by atoms with van der Waals surface area (Å²) >= 11 is 0. The maximum absolute atomic E-state index is 12.2. The van der Waals surface area contributed by atoms with Crippen LogP contribution in [0.5, 0.6) is 5.88 Å². The summed E-state index contributed by atoms with van der Waals surface area (Å²) in [7, 11) is 1.51. The fourth-order valence-electron chi connectivity index (χ4n) is 1.71. The van der Waals surface area contributed by atoms with E-state index in [-0.39, 0.29) is 17.5 Å². The number of carbonyl (C=O) groups excluding carboxylic acids is 1. The summed E-state index contributed by atoms with van der Waals surface area (Å²) in [5, 5.41) is 5.66. The van der Waals surface area contributed by atoms with Crippen LogP contribution in [0.4, 0.5) is 11.8 Å². The van der Waals surface area contributed by atoms with Gasteiger partial charge in [0.25, 0.3) is 5.91 Å². The quantitative estimate of drug-likeness (QED) is 0.872. The van der Waals surface area contributed by atoms with Gasteiger partial charge in [-0.05, 0) is 26.0 Å². The first kappa shape index (κ1) is 14.7. The van der Waals surface area contributed by atoms with Crippen molar-refractivity contribution < 1.29 is 9.53 Å². The fraction of sp³-hybridized carbons (Fsp3) is 0.286. The molecule has 0 spiro atoms. The molecule has 7 heteroatoms. The van der Waals surface area contributed by atoms with E-state index in [4.69, 9.17) is 4.74 Å². The van der Waals surface area contributed by atoms with Gasteiger partial charge in [-0.25, -0.2) is 9.97 Å². The Morgan fingerprint density at radius 2 is 2.10 bits per heavy atom. The molecule has 21 heavy (non-hydrogen) atoms. The highest BCUT2D eigenvalue weighted by Gasteiger charge is 2.11. The van der Waals surface area contributed by atoms with Gasteiger partial charge in [0.05, 0.1) is 7.11 Å². The zero-order valence-electron chi connectivity index (χ0n) is 12.2. The number of nitrogens with zero attached hydrogens (tertiary/aromatic N) is 3. The van der Waals surface area contributed by atoms with Crippen LogP contribution in [0.1, 0.15) is 23.1 Å². The van der Waals surface area contributed by atoms with Crippen molar-refractivity contribution in [1.82, 2.24) is 15.0 Å². The monoisotopic (exact) mass is 287 g/mol. The number of methoxy groups -OCH3 is 1. The Bertz CT molecular complexity index is 645. The van der Waals surface area contributed by atoms with Crippen molar-refractivity contribution in [2.45, 2.75) is 13.8 Å². The fourth-order valence-corrected chi connectivity index (χ4v) is 1.71. The van der Waals surface area contributed by atoms with E-state index < -0.39 is 0 Å². The smallest absolute Gasteiger partial charge is 0.276 e. The van der Waals surface area contributed by atoms with E-state index in [0.29, 0.717) is 17.4 Å². The SMILES string of the molecule is CCNc1cccc(C(=O)Nc2nc(C)cc(OC)n2)n1. The van der Waals surface area contributed by atoms with E-state index in [1.165, 1.54) is 7.11 Å². The Morgan fingerprint density at radius 3 is 2.81 bits per heavy atom. The third-order valence-electron chi connectivity index (χ3n) is 2.60. The number of ether oxygens (including phenoxy) is 1. The predicted molar refractivity (Wildman–Crippen MR) is 79.7 cm³/mol. The highest BCUT2D eigenvalue weighted by atomic mass is 16.5. The molecule has 2 aromatic rings. The summed E-state index contributed by atoms with van der Waals surface area (Å²) in [4.78, 5) is 24.6. The van der Waals surface area contributed by atoms with Crippen LogP contribution in [0.15, 0.2) is 24.3 Å². The second-order valence-corrected chi connectivity index (χ2v) is 4.27. The van der Waals surface area contributed by atoms with Gasteiger partial charge in [0.2, 0.25) is 11.8 Å². The van der Waals surface area contributed by atoms with Crippen molar-refractivity contribution in [3.8, 4) is 5.88 Å². The lowest BCUT2D eigenvalue weighted by Gasteiger charge is -2.07. The Balaban J connectivity index is 2.17. The van der Waals surface area contributed by atoms with Crippen LogP contribution in [0.25, 0.3) is 0 Å². The molecule has 0 saturated heterocycles. The molecule has 0 saturated carbocycles. The number of pyridine rings is 1. The van der Waals surface area contributed by atoms with E-state index in [2.05, 4.69) is 25.6 Å². The molecule has 0 aromatic carbocycles. The van der Waals surface area contributed by atoms with E-state index in [1.54, 1.807) is 31.2 Å². The first-order valence-electron chi connectivity index (χ1n) is 6.54. The van der Waals surface area contributed by atoms with Gasteiger partial charge in [0.15, 0.2) is 0 Å². The van der Waals surface area contributed by atoms with E-state index >= 15 is 0 Å². The molecule has 2 rings (SSSR count). The molecule has 0 radical (unpaired) electrons. The molecule has 110 valence electrons. The van der Waals surface area contributed by atoms with Gasteiger partial charge >= 0.3 is 0 Å². The lowest BCUT2D eigenvalue weighted by molar-refractivity contribution is 0.102. The van der Waals surface area contributed by atoms with Crippen molar-refractivity contribution in [2.24, 2.45) is 0 Å². The first-order chi connectivity index (χ1) is 10.1. The molecular formula is C14H17N5O2. The molecule has 2 heterocycles. The van der Waals surface area contributed by atoms with Gasteiger partial charge in [-0.2, -0.15) is 4.98 Å². The molecular weight excluding hydrogens is 270 g/mol. The Hall–Kier alpha value is -2.70. The molecule has 2 aromatic heterocycles.